The fraction of sp³-hybridized carbons (Fsp3) is 0.909. The molecule has 0 amide bonds. The Morgan fingerprint density at radius 1 is 1.38 bits per heavy atom. The zero-order valence-electron chi connectivity index (χ0n) is 10.1. The fourth-order valence-corrected chi connectivity index (χ4v) is 2.58. The van der Waals surface area contributed by atoms with Crippen LogP contribution in [0.2, 0.25) is 0 Å². The monoisotopic (exact) mass is 224 g/mol. The van der Waals surface area contributed by atoms with E-state index in [1.165, 1.54) is 24.1 Å². The smallest absolute Gasteiger partial charge is 0.177 e. The third kappa shape index (κ3) is 2.58. The average Bonchev–Trinajstić information content (AvgIpc) is 2.64. The van der Waals surface area contributed by atoms with Crippen molar-refractivity contribution >= 4 is 0 Å². The predicted octanol–water partition coefficient (Wildman–Crippen LogP) is 1.08. The molecule has 0 saturated heterocycles. The lowest BCUT2D eigenvalue weighted by Crippen LogP contribution is -2.38. The van der Waals surface area contributed by atoms with Gasteiger partial charge in [0.1, 0.15) is 0 Å². The summed E-state index contributed by atoms with van der Waals surface area (Å²) in [5.41, 5.74) is -0.691. The Bertz CT molecular complexity index is 342. The fourth-order valence-electron chi connectivity index (χ4n) is 2.58. The second-order valence-corrected chi connectivity index (χ2v) is 5.06. The van der Waals surface area contributed by atoms with Crippen LogP contribution in [0.5, 0.6) is 0 Å². The van der Waals surface area contributed by atoms with Crippen molar-refractivity contribution in [3.05, 3.63) is 5.82 Å². The molecule has 0 aromatic carbocycles. The van der Waals surface area contributed by atoms with Crippen LogP contribution in [0.15, 0.2) is 0 Å². The van der Waals surface area contributed by atoms with Crippen LogP contribution >= 0.6 is 0 Å². The summed E-state index contributed by atoms with van der Waals surface area (Å²) in [5.74, 6) is 1.02. The Hall–Kier alpha value is -0.970. The summed E-state index contributed by atoms with van der Waals surface area (Å²) in [6, 6.07) is 0. The Kier molecular flexibility index (Phi) is 3.23. The van der Waals surface area contributed by atoms with Gasteiger partial charge < -0.3 is 5.11 Å². The van der Waals surface area contributed by atoms with Gasteiger partial charge in [0.15, 0.2) is 5.82 Å². The van der Waals surface area contributed by atoms with Crippen LogP contribution in [-0.4, -0.2) is 30.9 Å². The maximum atomic E-state index is 10.5. The normalized spacial score (nSPS) is 21.9. The molecular weight excluding hydrogens is 204 g/mol. The molecule has 1 aromatic heterocycles. The van der Waals surface area contributed by atoms with Crippen molar-refractivity contribution < 1.29 is 5.11 Å². The van der Waals surface area contributed by atoms with E-state index in [2.05, 4.69) is 15.4 Å². The highest BCUT2D eigenvalue weighted by Crippen LogP contribution is 2.33. The van der Waals surface area contributed by atoms with E-state index in [-0.39, 0.29) is 0 Å². The van der Waals surface area contributed by atoms with Crippen LogP contribution in [0.25, 0.3) is 0 Å². The van der Waals surface area contributed by atoms with Gasteiger partial charge in [0.05, 0.1) is 12.6 Å². The summed E-state index contributed by atoms with van der Waals surface area (Å²) in [6.07, 6.45) is 6.51. The molecule has 2 rings (SSSR count). The van der Waals surface area contributed by atoms with Crippen LogP contribution < -0.4 is 0 Å². The Labute approximate surface area is 95.9 Å². The Morgan fingerprint density at radius 3 is 2.62 bits per heavy atom. The molecule has 0 spiro atoms. The molecular formula is C11H20N4O. The second kappa shape index (κ2) is 4.49. The Morgan fingerprint density at radius 2 is 2.06 bits per heavy atom. The molecule has 1 aliphatic carbocycles. The summed E-state index contributed by atoms with van der Waals surface area (Å²) in [6.45, 7) is 1.90. The first-order chi connectivity index (χ1) is 7.58. The van der Waals surface area contributed by atoms with Crippen molar-refractivity contribution in [2.75, 3.05) is 0 Å². The lowest BCUT2D eigenvalue weighted by atomic mass is 9.76. The number of aryl methyl sites for hydroxylation is 1. The van der Waals surface area contributed by atoms with Gasteiger partial charge in [0.25, 0.3) is 0 Å². The molecule has 1 heterocycles. The van der Waals surface area contributed by atoms with Crippen molar-refractivity contribution in [1.82, 2.24) is 20.2 Å². The van der Waals surface area contributed by atoms with E-state index in [1.807, 2.05) is 6.92 Å². The predicted molar refractivity (Wildman–Crippen MR) is 59.7 cm³/mol. The average molecular weight is 224 g/mol. The van der Waals surface area contributed by atoms with Gasteiger partial charge in [-0.1, -0.05) is 19.3 Å². The summed E-state index contributed by atoms with van der Waals surface area (Å²) < 4.78 is 0. The van der Waals surface area contributed by atoms with E-state index in [0.717, 1.165) is 12.8 Å². The van der Waals surface area contributed by atoms with E-state index in [4.69, 9.17) is 0 Å². The van der Waals surface area contributed by atoms with Crippen LogP contribution in [0.3, 0.4) is 0 Å². The number of hydrogen-bond donors (Lipinski definition) is 1. The number of aromatic nitrogens is 4. The topological polar surface area (TPSA) is 63.8 Å². The minimum absolute atomic E-state index is 0.380. The summed E-state index contributed by atoms with van der Waals surface area (Å²) >= 11 is 0. The zero-order valence-corrected chi connectivity index (χ0v) is 10.1. The van der Waals surface area contributed by atoms with Gasteiger partial charge >= 0.3 is 0 Å². The molecule has 1 unspecified atom stereocenters. The van der Waals surface area contributed by atoms with Crippen LogP contribution in [-0.2, 0) is 13.5 Å². The molecule has 5 nitrogen and oxygen atoms in total. The van der Waals surface area contributed by atoms with Crippen molar-refractivity contribution in [3.63, 3.8) is 0 Å². The number of rotatable bonds is 3. The first kappa shape index (κ1) is 11.5. The lowest BCUT2D eigenvalue weighted by Gasteiger charge is -2.34. The maximum Gasteiger partial charge on any atom is 0.177 e. The lowest BCUT2D eigenvalue weighted by molar-refractivity contribution is -0.0175. The minimum atomic E-state index is -0.691. The highest BCUT2D eigenvalue weighted by atomic mass is 16.3. The number of nitrogens with zero attached hydrogens (tertiary/aromatic N) is 4. The first-order valence-electron chi connectivity index (χ1n) is 6.03. The van der Waals surface area contributed by atoms with E-state index in [1.54, 1.807) is 7.05 Å². The standard InChI is InChI=1S/C11H20N4O/c1-11(16,9-6-4-3-5-7-9)8-10-12-14-15(2)13-10/h9,16H,3-8H2,1-2H3. The zero-order chi connectivity index (χ0) is 11.6. The third-order valence-corrected chi connectivity index (χ3v) is 3.55. The van der Waals surface area contributed by atoms with E-state index >= 15 is 0 Å². The quantitative estimate of drug-likeness (QED) is 0.834. The van der Waals surface area contributed by atoms with Gasteiger partial charge in [0.2, 0.25) is 0 Å². The minimum Gasteiger partial charge on any atom is -0.389 e. The van der Waals surface area contributed by atoms with Crippen molar-refractivity contribution in [1.29, 1.82) is 0 Å². The van der Waals surface area contributed by atoms with Crippen LogP contribution in [0.4, 0.5) is 0 Å². The SMILES string of the molecule is Cn1nnc(CC(C)(O)C2CCCCC2)n1. The highest BCUT2D eigenvalue weighted by Gasteiger charge is 2.34. The van der Waals surface area contributed by atoms with Gasteiger partial charge in [-0.25, -0.2) is 0 Å². The summed E-state index contributed by atoms with van der Waals surface area (Å²) in [5, 5.41) is 22.3. The largest absolute Gasteiger partial charge is 0.389 e. The molecule has 1 aromatic rings. The Balaban J connectivity index is 2.00. The van der Waals surface area contributed by atoms with Crippen molar-refractivity contribution in [2.24, 2.45) is 13.0 Å². The molecule has 90 valence electrons. The van der Waals surface area contributed by atoms with Crippen molar-refractivity contribution in [3.8, 4) is 0 Å². The molecule has 0 radical (unpaired) electrons. The molecule has 1 atom stereocenters. The number of tetrazole rings is 1. The molecule has 1 aliphatic rings. The summed E-state index contributed by atoms with van der Waals surface area (Å²) in [7, 11) is 1.74. The number of hydrogen-bond acceptors (Lipinski definition) is 4. The molecule has 16 heavy (non-hydrogen) atoms. The molecule has 1 saturated carbocycles. The third-order valence-electron chi connectivity index (χ3n) is 3.55. The number of aliphatic hydroxyl groups is 1. The molecule has 1 N–H and O–H groups in total. The maximum absolute atomic E-state index is 10.5. The van der Waals surface area contributed by atoms with Crippen LogP contribution in [0, 0.1) is 5.92 Å². The van der Waals surface area contributed by atoms with Crippen LogP contribution in [0.1, 0.15) is 44.9 Å². The van der Waals surface area contributed by atoms with Gasteiger partial charge in [-0.3, -0.25) is 0 Å². The van der Waals surface area contributed by atoms with E-state index in [0.29, 0.717) is 18.2 Å². The van der Waals surface area contributed by atoms with Gasteiger partial charge in [-0.05, 0) is 30.9 Å². The van der Waals surface area contributed by atoms with E-state index in [9.17, 15) is 5.11 Å². The first-order valence-corrected chi connectivity index (χ1v) is 6.03. The molecule has 1 fully saturated rings. The molecule has 5 heteroatoms. The van der Waals surface area contributed by atoms with Gasteiger partial charge in [-0.2, -0.15) is 4.80 Å². The second-order valence-electron chi connectivity index (χ2n) is 5.06. The van der Waals surface area contributed by atoms with Gasteiger partial charge in [-0.15, -0.1) is 10.2 Å². The van der Waals surface area contributed by atoms with E-state index < -0.39 is 5.60 Å². The summed E-state index contributed by atoms with van der Waals surface area (Å²) in [4.78, 5) is 1.44. The molecule has 0 bridgehead atoms. The highest BCUT2D eigenvalue weighted by molar-refractivity contribution is 4.93. The molecule has 0 aliphatic heterocycles. The van der Waals surface area contributed by atoms with Gasteiger partial charge in [0, 0.05) is 6.42 Å². The van der Waals surface area contributed by atoms with Crippen molar-refractivity contribution in [2.45, 2.75) is 51.0 Å².